The molecular weight excluding hydrogens is 207 g/mol. The topological polar surface area (TPSA) is 134 Å². The minimum atomic E-state index is -5.19. The molecule has 1 heterocycles. The van der Waals surface area contributed by atoms with Crippen molar-refractivity contribution in [2.24, 2.45) is 21.6 Å². The van der Waals surface area contributed by atoms with Crippen molar-refractivity contribution >= 4 is 17.9 Å². The summed E-state index contributed by atoms with van der Waals surface area (Å²) in [6.45, 7) is 0. The highest BCUT2D eigenvalue weighted by Crippen LogP contribution is 2.11. The third-order valence-electron chi connectivity index (χ3n) is 0.804. The molecule has 0 saturated carbocycles. The molecule has 0 bridgehead atoms. The van der Waals surface area contributed by atoms with E-state index in [9.17, 15) is 13.2 Å². The number of carbonyl (C=O) groups is 1. The first-order valence-electron chi connectivity index (χ1n) is 3.02. The van der Waals surface area contributed by atoms with Gasteiger partial charge in [-0.15, -0.1) is 4.99 Å². The lowest BCUT2D eigenvalue weighted by atomic mass is 10.7. The molecule has 0 fully saturated rings. The fourth-order valence-corrected chi connectivity index (χ4v) is 0.322. The highest BCUT2D eigenvalue weighted by Gasteiger charge is 2.28. The normalized spacial score (nSPS) is 15.1. The van der Waals surface area contributed by atoms with Gasteiger partial charge in [0.2, 0.25) is 0 Å². The smallest absolute Gasteiger partial charge is 0.430 e. The van der Waals surface area contributed by atoms with Crippen molar-refractivity contribution in [2.45, 2.75) is 6.18 Å². The van der Waals surface area contributed by atoms with E-state index in [-0.39, 0.29) is 5.96 Å². The molecule has 0 radical (unpaired) electrons. The van der Waals surface area contributed by atoms with E-state index in [0.29, 0.717) is 5.96 Å². The molecule has 1 aliphatic heterocycles. The van der Waals surface area contributed by atoms with E-state index >= 15 is 0 Å². The number of alkyl halides is 3. The van der Waals surface area contributed by atoms with Gasteiger partial charge in [-0.25, -0.2) is 0 Å². The predicted octanol–water partition coefficient (Wildman–Crippen LogP) is -3.59. The molecule has 1 rings (SSSR count). The van der Waals surface area contributed by atoms with Crippen molar-refractivity contribution in [3.05, 3.63) is 0 Å². The minimum absolute atomic E-state index is 0.234. The van der Waals surface area contributed by atoms with E-state index in [1.807, 2.05) is 0 Å². The van der Waals surface area contributed by atoms with Crippen LogP contribution < -0.4 is 22.0 Å². The largest absolute Gasteiger partial charge is 0.542 e. The summed E-state index contributed by atoms with van der Waals surface area (Å²) in [5, 5.41) is 12.3. The van der Waals surface area contributed by atoms with Gasteiger partial charge in [0, 0.05) is 0 Å². The van der Waals surface area contributed by atoms with E-state index in [2.05, 4.69) is 10.1 Å². The number of aliphatic carboxylic acids is 1. The number of carboxylic acids is 1. The number of quaternary nitrogens is 1. The number of carboxylic acid groups (broad SMARTS) is 1. The van der Waals surface area contributed by atoms with E-state index in [1.54, 1.807) is 0 Å². The Morgan fingerprint density at radius 3 is 1.93 bits per heavy atom. The van der Waals surface area contributed by atoms with Crippen molar-refractivity contribution in [1.82, 2.24) is 0 Å². The van der Waals surface area contributed by atoms with Crippen LogP contribution in [0.2, 0.25) is 0 Å². The van der Waals surface area contributed by atoms with Gasteiger partial charge in [-0.3, -0.25) is 0 Å². The fourth-order valence-electron chi connectivity index (χ4n) is 0.322. The fraction of sp³-hybridized carbons (Fsp3) is 0.250. The third-order valence-corrected chi connectivity index (χ3v) is 0.804. The van der Waals surface area contributed by atoms with Gasteiger partial charge < -0.3 is 21.4 Å². The zero-order chi connectivity index (χ0) is 11.4. The van der Waals surface area contributed by atoms with Crippen LogP contribution in [0.1, 0.15) is 0 Å². The number of hydrogen-bond acceptors (Lipinski definition) is 6. The number of nitrogens with two attached hydrogens (primary N) is 3. The van der Waals surface area contributed by atoms with Crippen molar-refractivity contribution < 1.29 is 28.5 Å². The lowest BCUT2D eigenvalue weighted by molar-refractivity contribution is -0.543. The standard InChI is InChI=1S/C2HF3O2.C2H5N5/c3-2(4,5)1(6)7;3-1-5-2(4)7-6-1/h(H,6,7);(H5,3,4,5,6,7). The summed E-state index contributed by atoms with van der Waals surface area (Å²) in [6.07, 6.45) is -5.19. The van der Waals surface area contributed by atoms with Gasteiger partial charge in [-0.2, -0.15) is 18.6 Å². The molecule has 0 saturated heterocycles. The summed E-state index contributed by atoms with van der Waals surface area (Å²) in [5.41, 5.74) is 11.6. The Balaban J connectivity index is 0.000000241. The Morgan fingerprint density at radius 2 is 1.86 bits per heavy atom. The van der Waals surface area contributed by atoms with Gasteiger partial charge >= 0.3 is 12.1 Å². The van der Waals surface area contributed by atoms with E-state index in [4.69, 9.17) is 21.4 Å². The first-order valence-corrected chi connectivity index (χ1v) is 3.02. The van der Waals surface area contributed by atoms with Crippen LogP contribution in [0.15, 0.2) is 10.1 Å². The lowest BCUT2D eigenvalue weighted by Crippen LogP contribution is -2.83. The summed E-state index contributed by atoms with van der Waals surface area (Å²) in [4.78, 5) is 12.3. The Hall–Kier alpha value is -1.84. The van der Waals surface area contributed by atoms with Crippen LogP contribution in [-0.4, -0.2) is 24.1 Å². The second-order valence-corrected chi connectivity index (χ2v) is 1.94. The first-order chi connectivity index (χ1) is 6.23. The van der Waals surface area contributed by atoms with Crippen molar-refractivity contribution in [1.29, 1.82) is 0 Å². The van der Waals surface area contributed by atoms with Gasteiger partial charge in [0.15, 0.2) is 0 Å². The zero-order valence-corrected chi connectivity index (χ0v) is 6.58. The van der Waals surface area contributed by atoms with Gasteiger partial charge in [0.05, 0.1) is 0 Å². The molecule has 0 atom stereocenters. The molecule has 0 aliphatic carbocycles. The second kappa shape index (κ2) is 4.41. The Bertz CT molecular complexity index is 283. The SMILES string of the molecule is NC1=N[NH2+]C(N)=N1.O=C([O-])C(F)(F)F. The zero-order valence-electron chi connectivity index (χ0n) is 6.58. The summed E-state index contributed by atoms with van der Waals surface area (Å²) in [5.74, 6) is -2.40. The molecule has 80 valence electrons. The molecular formula is C4H6F3N5O2. The average molecular weight is 213 g/mol. The molecule has 7 nitrogen and oxygen atoms in total. The maximum Gasteiger partial charge on any atom is 0.430 e. The van der Waals surface area contributed by atoms with Crippen LogP contribution in [0.5, 0.6) is 0 Å². The summed E-state index contributed by atoms with van der Waals surface area (Å²) in [7, 11) is 0. The number of nitrogens with zero attached hydrogens (tertiary/aromatic N) is 2. The number of rotatable bonds is 0. The van der Waals surface area contributed by atoms with Crippen molar-refractivity contribution in [3.63, 3.8) is 0 Å². The quantitative estimate of drug-likeness (QED) is 0.358. The van der Waals surface area contributed by atoms with Gasteiger partial charge in [-0.1, -0.05) is 0 Å². The van der Waals surface area contributed by atoms with Crippen LogP contribution in [0, 0.1) is 0 Å². The molecule has 0 aromatic carbocycles. The van der Waals surface area contributed by atoms with Crippen molar-refractivity contribution in [2.75, 3.05) is 0 Å². The predicted molar refractivity (Wildman–Crippen MR) is 36.2 cm³/mol. The van der Waals surface area contributed by atoms with Crippen LogP contribution in [-0.2, 0) is 4.79 Å². The number of halogens is 3. The monoisotopic (exact) mass is 213 g/mol. The minimum Gasteiger partial charge on any atom is -0.542 e. The second-order valence-electron chi connectivity index (χ2n) is 1.94. The van der Waals surface area contributed by atoms with E-state index in [1.165, 1.54) is 5.43 Å². The van der Waals surface area contributed by atoms with Crippen LogP contribution in [0.4, 0.5) is 13.2 Å². The highest BCUT2D eigenvalue weighted by molar-refractivity contribution is 5.91. The molecule has 6 N–H and O–H groups in total. The Kier molecular flexibility index (Phi) is 3.83. The molecule has 0 spiro atoms. The molecule has 10 heteroatoms. The number of carbonyl (C=O) groups excluding carboxylic acids is 1. The van der Waals surface area contributed by atoms with Gasteiger partial charge in [-0.05, 0) is 5.10 Å². The van der Waals surface area contributed by atoms with Crippen LogP contribution >= 0.6 is 0 Å². The lowest BCUT2D eigenvalue weighted by Gasteiger charge is -2.03. The molecule has 0 aromatic heterocycles. The first kappa shape index (κ1) is 12.2. The van der Waals surface area contributed by atoms with Crippen molar-refractivity contribution in [3.8, 4) is 0 Å². The number of hydrogen-bond donors (Lipinski definition) is 3. The highest BCUT2D eigenvalue weighted by atomic mass is 19.4. The maximum atomic E-state index is 10.5. The summed E-state index contributed by atoms with van der Waals surface area (Å²) in [6, 6.07) is 0. The number of guanidine groups is 2. The van der Waals surface area contributed by atoms with Gasteiger partial charge in [0.25, 0.3) is 5.96 Å². The van der Waals surface area contributed by atoms with Crippen LogP contribution in [0.3, 0.4) is 0 Å². The summed E-state index contributed by atoms with van der Waals surface area (Å²) >= 11 is 0. The molecule has 0 amide bonds. The molecule has 14 heavy (non-hydrogen) atoms. The molecule has 0 aromatic rings. The Labute approximate surface area is 75.3 Å². The number of aliphatic imine (C=N–C) groups is 1. The van der Waals surface area contributed by atoms with E-state index < -0.39 is 12.1 Å². The molecule has 0 unspecified atom stereocenters. The van der Waals surface area contributed by atoms with Gasteiger partial charge in [0.1, 0.15) is 5.97 Å². The maximum absolute atomic E-state index is 10.5. The average Bonchev–Trinajstić information content (AvgIpc) is 2.33. The van der Waals surface area contributed by atoms with E-state index in [0.717, 1.165) is 0 Å². The third kappa shape index (κ3) is 4.92. The summed E-state index contributed by atoms with van der Waals surface area (Å²) < 4.78 is 31.5. The van der Waals surface area contributed by atoms with Crippen LogP contribution in [0.25, 0.3) is 0 Å². The Morgan fingerprint density at radius 1 is 1.43 bits per heavy atom. The molecule has 1 aliphatic rings.